The van der Waals surface area contributed by atoms with Gasteiger partial charge in [0.1, 0.15) is 5.82 Å². The summed E-state index contributed by atoms with van der Waals surface area (Å²) in [5.74, 6) is -2.00. The van der Waals surface area contributed by atoms with E-state index in [0.29, 0.717) is 12.2 Å². The molecule has 0 spiro atoms. The molecule has 1 N–H and O–H groups in total. The minimum absolute atomic E-state index is 0.0876. The van der Waals surface area contributed by atoms with Crippen molar-refractivity contribution in [3.8, 4) is 0 Å². The zero-order valence-electron chi connectivity index (χ0n) is 11.9. The van der Waals surface area contributed by atoms with Crippen molar-refractivity contribution in [3.05, 3.63) is 65.5 Å². The predicted molar refractivity (Wildman–Crippen MR) is 77.2 cm³/mol. The van der Waals surface area contributed by atoms with E-state index in [-0.39, 0.29) is 18.1 Å². The molecule has 0 radical (unpaired) electrons. The number of halogens is 1. The van der Waals surface area contributed by atoms with E-state index in [9.17, 15) is 14.0 Å². The summed E-state index contributed by atoms with van der Waals surface area (Å²) in [6.07, 6.45) is 1.68. The van der Waals surface area contributed by atoms with Gasteiger partial charge in [-0.25, -0.2) is 4.39 Å². The molecule has 2 heterocycles. The van der Waals surface area contributed by atoms with Gasteiger partial charge in [-0.3, -0.25) is 9.59 Å². The molecule has 0 aliphatic heterocycles. The highest BCUT2D eigenvalue weighted by molar-refractivity contribution is 6.42. The third-order valence-electron chi connectivity index (χ3n) is 3.31. The summed E-state index contributed by atoms with van der Waals surface area (Å²) in [4.78, 5) is 23.9. The highest BCUT2D eigenvalue weighted by Crippen LogP contribution is 2.11. The Hall–Kier alpha value is -3.16. The van der Waals surface area contributed by atoms with Gasteiger partial charge >= 0.3 is 0 Å². The first-order chi connectivity index (χ1) is 11.1. The Labute approximate surface area is 130 Å². The van der Waals surface area contributed by atoms with Gasteiger partial charge in [-0.15, -0.1) is 10.2 Å². The first-order valence-electron chi connectivity index (χ1n) is 6.83. The van der Waals surface area contributed by atoms with Crippen LogP contribution in [-0.2, 0) is 17.8 Å². The molecule has 2 aromatic heterocycles. The molecule has 23 heavy (non-hydrogen) atoms. The van der Waals surface area contributed by atoms with E-state index in [1.807, 2.05) is 0 Å². The van der Waals surface area contributed by atoms with E-state index in [1.54, 1.807) is 35.0 Å². The molecule has 0 unspecified atom stereocenters. The minimum Gasteiger partial charge on any atom is -0.347 e. The normalized spacial score (nSPS) is 10.7. The standard InChI is InChI=1S/C15H12FN5O2/c16-11-4-1-3-10(7-11)9-21-6-2-5-12(21)8-13(22)14(23)15-17-19-20-18-15/h1-7H,8-9H2,(H,17,18,19,20). The molecule has 7 nitrogen and oxygen atoms in total. The van der Waals surface area contributed by atoms with Crippen LogP contribution >= 0.6 is 0 Å². The minimum atomic E-state index is -0.794. The molecular formula is C15H12FN5O2. The number of aromatic nitrogens is 5. The van der Waals surface area contributed by atoms with Gasteiger partial charge < -0.3 is 4.57 Å². The van der Waals surface area contributed by atoms with Crippen molar-refractivity contribution in [3.63, 3.8) is 0 Å². The fraction of sp³-hybridized carbons (Fsp3) is 0.133. The maximum absolute atomic E-state index is 13.2. The second kappa shape index (κ2) is 6.30. The Kier molecular flexibility index (Phi) is 4.05. The number of hydrogen-bond acceptors (Lipinski definition) is 5. The summed E-state index contributed by atoms with van der Waals surface area (Å²) in [7, 11) is 0. The molecule has 3 rings (SSSR count). The Morgan fingerprint density at radius 2 is 2.09 bits per heavy atom. The average Bonchev–Trinajstić information content (AvgIpc) is 3.19. The summed E-state index contributed by atoms with van der Waals surface area (Å²) in [5, 5.41) is 12.4. The zero-order chi connectivity index (χ0) is 16.2. The maximum Gasteiger partial charge on any atom is 0.269 e. The average molecular weight is 313 g/mol. The van der Waals surface area contributed by atoms with Crippen LogP contribution < -0.4 is 0 Å². The van der Waals surface area contributed by atoms with Crippen molar-refractivity contribution in [2.24, 2.45) is 0 Å². The van der Waals surface area contributed by atoms with Crippen LogP contribution in [0.1, 0.15) is 21.9 Å². The highest BCUT2D eigenvalue weighted by atomic mass is 19.1. The molecule has 0 saturated carbocycles. The van der Waals surface area contributed by atoms with Gasteiger partial charge in [0, 0.05) is 18.4 Å². The third-order valence-corrected chi connectivity index (χ3v) is 3.31. The topological polar surface area (TPSA) is 93.5 Å². The molecule has 0 aliphatic rings. The Morgan fingerprint density at radius 1 is 1.22 bits per heavy atom. The van der Waals surface area contributed by atoms with Gasteiger partial charge in [0.15, 0.2) is 0 Å². The number of tetrazole rings is 1. The van der Waals surface area contributed by atoms with Crippen molar-refractivity contribution in [2.75, 3.05) is 0 Å². The zero-order valence-corrected chi connectivity index (χ0v) is 11.9. The monoisotopic (exact) mass is 313 g/mol. The smallest absolute Gasteiger partial charge is 0.269 e. The number of benzene rings is 1. The summed E-state index contributed by atoms with van der Waals surface area (Å²) < 4.78 is 15.0. The number of ketones is 2. The molecule has 0 bridgehead atoms. The predicted octanol–water partition coefficient (Wildman–Crippen LogP) is 1.18. The largest absolute Gasteiger partial charge is 0.347 e. The van der Waals surface area contributed by atoms with Gasteiger partial charge in [0.25, 0.3) is 5.78 Å². The van der Waals surface area contributed by atoms with E-state index in [1.165, 1.54) is 12.1 Å². The molecule has 0 amide bonds. The van der Waals surface area contributed by atoms with Gasteiger partial charge in [-0.1, -0.05) is 12.1 Å². The molecule has 0 saturated heterocycles. The lowest BCUT2D eigenvalue weighted by atomic mass is 10.1. The fourth-order valence-electron chi connectivity index (χ4n) is 2.22. The molecule has 8 heteroatoms. The van der Waals surface area contributed by atoms with Crippen LogP contribution in [0.3, 0.4) is 0 Å². The quantitative estimate of drug-likeness (QED) is 0.545. The second-order valence-electron chi connectivity index (χ2n) is 4.92. The van der Waals surface area contributed by atoms with Crippen molar-refractivity contribution in [2.45, 2.75) is 13.0 Å². The van der Waals surface area contributed by atoms with Gasteiger partial charge in [0.05, 0.1) is 6.42 Å². The van der Waals surface area contributed by atoms with Crippen LogP contribution in [0.25, 0.3) is 0 Å². The van der Waals surface area contributed by atoms with Crippen LogP contribution in [0.4, 0.5) is 4.39 Å². The number of carbonyl (C=O) groups excluding carboxylic acids is 2. The van der Waals surface area contributed by atoms with Crippen molar-refractivity contribution < 1.29 is 14.0 Å². The first-order valence-corrected chi connectivity index (χ1v) is 6.83. The van der Waals surface area contributed by atoms with Gasteiger partial charge in [-0.05, 0) is 35.0 Å². The first kappa shape index (κ1) is 14.8. The molecule has 0 aliphatic carbocycles. The highest BCUT2D eigenvalue weighted by Gasteiger charge is 2.21. The molecule has 0 atom stereocenters. The number of carbonyl (C=O) groups is 2. The fourth-order valence-corrected chi connectivity index (χ4v) is 2.22. The molecule has 3 aromatic rings. The molecule has 1 aromatic carbocycles. The Bertz CT molecular complexity index is 841. The van der Waals surface area contributed by atoms with Crippen LogP contribution in [0.2, 0.25) is 0 Å². The SMILES string of the molecule is O=C(Cc1cccn1Cc1cccc(F)c1)C(=O)c1nn[nH]n1. The van der Waals surface area contributed by atoms with Crippen LogP contribution in [0.15, 0.2) is 42.6 Å². The van der Waals surface area contributed by atoms with E-state index < -0.39 is 11.6 Å². The van der Waals surface area contributed by atoms with Crippen molar-refractivity contribution in [1.29, 1.82) is 0 Å². The number of nitrogens with zero attached hydrogens (tertiary/aromatic N) is 4. The number of nitrogens with one attached hydrogen (secondary N) is 1. The number of hydrogen-bond donors (Lipinski definition) is 1. The second-order valence-corrected chi connectivity index (χ2v) is 4.92. The summed E-state index contributed by atoms with van der Waals surface area (Å²) in [6, 6.07) is 9.71. The summed E-state index contributed by atoms with van der Waals surface area (Å²) in [6.45, 7) is 0.407. The van der Waals surface area contributed by atoms with Crippen molar-refractivity contribution in [1.82, 2.24) is 25.2 Å². The van der Waals surface area contributed by atoms with E-state index in [2.05, 4.69) is 20.6 Å². The van der Waals surface area contributed by atoms with E-state index >= 15 is 0 Å². The lowest BCUT2D eigenvalue weighted by Gasteiger charge is -2.08. The number of rotatable bonds is 6. The van der Waals surface area contributed by atoms with Crippen molar-refractivity contribution >= 4 is 11.6 Å². The van der Waals surface area contributed by atoms with Gasteiger partial charge in [-0.2, -0.15) is 5.21 Å². The lowest BCUT2D eigenvalue weighted by Crippen LogP contribution is -2.20. The van der Waals surface area contributed by atoms with E-state index in [4.69, 9.17) is 0 Å². The van der Waals surface area contributed by atoms with Crippen LogP contribution in [0, 0.1) is 5.82 Å². The number of H-pyrrole nitrogens is 1. The number of aromatic amines is 1. The summed E-state index contributed by atoms with van der Waals surface area (Å²) >= 11 is 0. The number of Topliss-reactive ketones (excluding diaryl/α,β-unsaturated/α-hetero) is 2. The molecular weight excluding hydrogens is 301 g/mol. The van der Waals surface area contributed by atoms with Crippen LogP contribution in [0.5, 0.6) is 0 Å². The Morgan fingerprint density at radius 3 is 2.83 bits per heavy atom. The van der Waals surface area contributed by atoms with Gasteiger partial charge in [0.2, 0.25) is 11.6 Å². The van der Waals surface area contributed by atoms with E-state index in [0.717, 1.165) is 5.56 Å². The molecule has 0 fully saturated rings. The Balaban J connectivity index is 1.73. The van der Waals surface area contributed by atoms with Crippen LogP contribution in [-0.4, -0.2) is 36.8 Å². The summed E-state index contributed by atoms with van der Waals surface area (Å²) in [5.41, 5.74) is 1.41. The third kappa shape index (κ3) is 3.37. The molecule has 116 valence electrons. The maximum atomic E-state index is 13.2. The lowest BCUT2D eigenvalue weighted by molar-refractivity contribution is -0.114.